The van der Waals surface area contributed by atoms with Crippen LogP contribution in [0.3, 0.4) is 0 Å². The normalized spacial score (nSPS) is 13.1. The van der Waals surface area contributed by atoms with Crippen LogP contribution in [0.5, 0.6) is 0 Å². The van der Waals surface area contributed by atoms with Gasteiger partial charge in [0.15, 0.2) is 9.84 Å². The van der Waals surface area contributed by atoms with Crippen LogP contribution in [0.15, 0.2) is 33.6 Å². The Morgan fingerprint density at radius 2 is 1.88 bits per heavy atom. The quantitative estimate of drug-likeness (QED) is 0.798. The molecule has 0 amide bonds. The number of methoxy groups -OCH3 is 1. The number of carbonyl (C=O) groups excluding carboxylic acids is 1. The highest BCUT2D eigenvalue weighted by Crippen LogP contribution is 2.20. The van der Waals surface area contributed by atoms with Crippen molar-refractivity contribution >= 4 is 31.7 Å². The monoisotopic (exact) mass is 320 g/mol. The molecule has 0 spiro atoms. The summed E-state index contributed by atoms with van der Waals surface area (Å²) in [5.41, 5.74) is 0. The number of rotatable bonds is 4. The number of halogens is 1. The van der Waals surface area contributed by atoms with Gasteiger partial charge in [0.05, 0.1) is 23.7 Å². The van der Waals surface area contributed by atoms with Crippen molar-refractivity contribution in [2.45, 2.75) is 23.5 Å². The van der Waals surface area contributed by atoms with Crippen LogP contribution in [0.1, 0.15) is 13.3 Å². The van der Waals surface area contributed by atoms with E-state index in [2.05, 4.69) is 20.7 Å². The largest absolute Gasteiger partial charge is 0.469 e. The van der Waals surface area contributed by atoms with Crippen LogP contribution in [-0.2, 0) is 19.4 Å². The topological polar surface area (TPSA) is 60.4 Å². The SMILES string of the molecule is COC(=O)CC(C)S(=O)(=O)c1ccc(Br)cc1. The summed E-state index contributed by atoms with van der Waals surface area (Å²) in [6.07, 6.45) is -0.144. The average molecular weight is 321 g/mol. The van der Waals surface area contributed by atoms with E-state index in [-0.39, 0.29) is 11.3 Å². The van der Waals surface area contributed by atoms with Crippen LogP contribution in [-0.4, -0.2) is 26.7 Å². The van der Waals surface area contributed by atoms with Crippen molar-refractivity contribution < 1.29 is 17.9 Å². The summed E-state index contributed by atoms with van der Waals surface area (Å²) in [6, 6.07) is 6.32. The Hall–Kier alpha value is -0.880. The van der Waals surface area contributed by atoms with E-state index < -0.39 is 21.1 Å². The van der Waals surface area contributed by atoms with Gasteiger partial charge >= 0.3 is 5.97 Å². The number of ether oxygens (including phenoxy) is 1. The molecule has 0 bridgehead atoms. The van der Waals surface area contributed by atoms with Gasteiger partial charge in [0, 0.05) is 4.47 Å². The highest BCUT2D eigenvalue weighted by molar-refractivity contribution is 9.10. The van der Waals surface area contributed by atoms with Crippen molar-refractivity contribution in [3.63, 3.8) is 0 Å². The minimum Gasteiger partial charge on any atom is -0.469 e. The second-order valence-electron chi connectivity index (χ2n) is 3.59. The first kappa shape index (κ1) is 14.2. The van der Waals surface area contributed by atoms with Gasteiger partial charge in [-0.25, -0.2) is 8.42 Å². The highest BCUT2D eigenvalue weighted by atomic mass is 79.9. The van der Waals surface area contributed by atoms with Crippen molar-refractivity contribution in [3.05, 3.63) is 28.7 Å². The summed E-state index contributed by atoms with van der Waals surface area (Å²) in [7, 11) is -2.25. The first-order valence-electron chi connectivity index (χ1n) is 4.94. The Labute approximate surface area is 109 Å². The molecule has 94 valence electrons. The minimum atomic E-state index is -3.48. The summed E-state index contributed by atoms with van der Waals surface area (Å²) in [5.74, 6) is -0.529. The molecule has 0 fully saturated rings. The van der Waals surface area contributed by atoms with E-state index in [0.29, 0.717) is 0 Å². The van der Waals surface area contributed by atoms with E-state index in [0.717, 1.165) is 4.47 Å². The van der Waals surface area contributed by atoms with Gasteiger partial charge in [-0.15, -0.1) is 0 Å². The lowest BCUT2D eigenvalue weighted by molar-refractivity contribution is -0.140. The zero-order valence-corrected chi connectivity index (χ0v) is 11.9. The molecule has 0 heterocycles. The van der Waals surface area contributed by atoms with Crippen LogP contribution < -0.4 is 0 Å². The van der Waals surface area contributed by atoms with E-state index >= 15 is 0 Å². The molecule has 1 atom stereocenters. The van der Waals surface area contributed by atoms with Gasteiger partial charge in [-0.1, -0.05) is 15.9 Å². The van der Waals surface area contributed by atoms with Crippen LogP contribution in [0, 0.1) is 0 Å². The van der Waals surface area contributed by atoms with E-state index in [1.54, 1.807) is 12.1 Å². The van der Waals surface area contributed by atoms with Gasteiger partial charge in [0.25, 0.3) is 0 Å². The lowest BCUT2D eigenvalue weighted by Gasteiger charge is -2.11. The average Bonchev–Trinajstić information content (AvgIpc) is 2.29. The number of hydrogen-bond acceptors (Lipinski definition) is 4. The van der Waals surface area contributed by atoms with Gasteiger partial charge in [0.2, 0.25) is 0 Å². The van der Waals surface area contributed by atoms with Gasteiger partial charge < -0.3 is 4.74 Å². The molecule has 6 heteroatoms. The summed E-state index contributed by atoms with van der Waals surface area (Å²) in [6.45, 7) is 1.49. The molecule has 1 unspecified atom stereocenters. The predicted octanol–water partition coefficient (Wildman–Crippen LogP) is 2.17. The van der Waals surface area contributed by atoms with E-state index in [1.807, 2.05) is 0 Å². The minimum absolute atomic E-state index is 0.144. The van der Waals surface area contributed by atoms with Crippen LogP contribution in [0.2, 0.25) is 0 Å². The molecule has 0 N–H and O–H groups in total. The third-order valence-corrected chi connectivity index (χ3v) is 5.04. The molecule has 0 aromatic heterocycles. The van der Waals surface area contributed by atoms with Crippen molar-refractivity contribution in [2.24, 2.45) is 0 Å². The van der Waals surface area contributed by atoms with Gasteiger partial charge in [-0.05, 0) is 31.2 Å². The third-order valence-electron chi connectivity index (χ3n) is 2.35. The highest BCUT2D eigenvalue weighted by Gasteiger charge is 2.25. The van der Waals surface area contributed by atoms with Gasteiger partial charge in [-0.2, -0.15) is 0 Å². The van der Waals surface area contributed by atoms with Crippen molar-refractivity contribution in [1.29, 1.82) is 0 Å². The maximum atomic E-state index is 12.1. The van der Waals surface area contributed by atoms with E-state index in [4.69, 9.17) is 0 Å². The lowest BCUT2D eigenvalue weighted by Crippen LogP contribution is -2.22. The fraction of sp³-hybridized carbons (Fsp3) is 0.364. The molecular formula is C11H13BrO4S. The van der Waals surface area contributed by atoms with Gasteiger partial charge in [0.1, 0.15) is 0 Å². The summed E-state index contributed by atoms with van der Waals surface area (Å²) < 4.78 is 29.4. The Bertz CT molecular complexity index is 493. The second-order valence-corrected chi connectivity index (χ2v) is 6.87. The first-order chi connectivity index (χ1) is 7.87. The summed E-state index contributed by atoms with van der Waals surface area (Å²) in [4.78, 5) is 11.3. The standard InChI is InChI=1S/C11H13BrO4S/c1-8(7-11(13)16-2)17(14,15)10-5-3-9(12)4-6-10/h3-6,8H,7H2,1-2H3. The molecule has 0 saturated carbocycles. The number of hydrogen-bond donors (Lipinski definition) is 0. The maximum Gasteiger partial charge on any atom is 0.306 e. The molecule has 4 nitrogen and oxygen atoms in total. The number of carbonyl (C=O) groups is 1. The Morgan fingerprint density at radius 3 is 2.35 bits per heavy atom. The number of sulfone groups is 1. The molecule has 0 radical (unpaired) electrons. The molecule has 0 saturated heterocycles. The zero-order chi connectivity index (χ0) is 13.1. The van der Waals surface area contributed by atoms with Crippen molar-refractivity contribution in [1.82, 2.24) is 0 Å². The molecule has 17 heavy (non-hydrogen) atoms. The van der Waals surface area contributed by atoms with Gasteiger partial charge in [-0.3, -0.25) is 4.79 Å². The first-order valence-corrected chi connectivity index (χ1v) is 7.28. The third kappa shape index (κ3) is 3.54. The molecule has 1 aromatic rings. The van der Waals surface area contributed by atoms with E-state index in [9.17, 15) is 13.2 Å². The Balaban J connectivity index is 2.95. The summed E-state index contributed by atoms with van der Waals surface area (Å²) in [5, 5.41) is -0.795. The zero-order valence-electron chi connectivity index (χ0n) is 9.51. The van der Waals surface area contributed by atoms with Crippen molar-refractivity contribution in [2.75, 3.05) is 7.11 Å². The molecule has 0 aliphatic rings. The Morgan fingerprint density at radius 1 is 1.35 bits per heavy atom. The molecule has 1 rings (SSSR count). The second kappa shape index (κ2) is 5.64. The van der Waals surface area contributed by atoms with Crippen LogP contribution in [0.4, 0.5) is 0 Å². The molecular weight excluding hydrogens is 308 g/mol. The predicted molar refractivity (Wildman–Crippen MR) is 67.4 cm³/mol. The van der Waals surface area contributed by atoms with Crippen molar-refractivity contribution in [3.8, 4) is 0 Å². The fourth-order valence-electron chi connectivity index (χ4n) is 1.28. The number of esters is 1. The summed E-state index contributed by atoms with van der Waals surface area (Å²) >= 11 is 3.23. The maximum absolute atomic E-state index is 12.1. The molecule has 0 aliphatic heterocycles. The van der Waals surface area contributed by atoms with Crippen LogP contribution in [0.25, 0.3) is 0 Å². The molecule has 0 aliphatic carbocycles. The number of benzene rings is 1. The fourth-order valence-corrected chi connectivity index (χ4v) is 2.88. The lowest BCUT2D eigenvalue weighted by atomic mass is 10.3. The van der Waals surface area contributed by atoms with Crippen LogP contribution >= 0.6 is 15.9 Å². The smallest absolute Gasteiger partial charge is 0.306 e. The Kier molecular flexibility index (Phi) is 4.70. The van der Waals surface area contributed by atoms with E-state index in [1.165, 1.54) is 26.2 Å². The molecule has 1 aromatic carbocycles.